The third kappa shape index (κ3) is 11.0. The number of nitrogens with two attached hydrogens (primary N) is 3. The van der Waals surface area contributed by atoms with Gasteiger partial charge in [0.1, 0.15) is 68.2 Å². The van der Waals surface area contributed by atoms with Gasteiger partial charge >= 0.3 is 0 Å². The van der Waals surface area contributed by atoms with Crippen molar-refractivity contribution in [1.82, 2.24) is 88.5 Å². The molecule has 16 rings (SSSR count). The van der Waals surface area contributed by atoms with Crippen LogP contribution < -0.4 is 31.9 Å². The van der Waals surface area contributed by atoms with Gasteiger partial charge in [-0.3, -0.25) is 0 Å². The van der Waals surface area contributed by atoms with E-state index in [1.807, 2.05) is 19.0 Å². The molecule has 3 saturated heterocycles. The second-order valence-corrected chi connectivity index (χ2v) is 22.5. The molecule has 442 valence electrons. The number of nitrogen functional groups attached to an aromatic ring is 3. The fourth-order valence-corrected chi connectivity index (χ4v) is 12.3. The number of aromatic nitrogens is 18. The average Bonchev–Trinajstić information content (AvgIpc) is 3.76. The molecule has 12 heterocycles. The minimum Gasteiger partial charge on any atom is -0.382 e. The molecule has 0 spiro atoms. The molecule has 0 amide bonds. The molecule has 6 aliphatic rings. The van der Waals surface area contributed by atoms with Crippen molar-refractivity contribution >= 4 is 68.8 Å². The van der Waals surface area contributed by atoms with Crippen LogP contribution in [0.25, 0.3) is 67.7 Å². The maximum atomic E-state index is 5.75. The van der Waals surface area contributed by atoms with Crippen molar-refractivity contribution in [2.45, 2.75) is 82.8 Å². The van der Waals surface area contributed by atoms with E-state index in [4.69, 9.17) is 71.3 Å². The molecule has 27 nitrogen and oxygen atoms in total. The number of benzene rings is 1. The topological polar surface area (TPSA) is 324 Å². The highest BCUT2D eigenvalue weighted by Crippen LogP contribution is 2.40. The van der Waals surface area contributed by atoms with Gasteiger partial charge in [0.15, 0.2) is 16.9 Å². The van der Waals surface area contributed by atoms with E-state index < -0.39 is 0 Å². The maximum absolute atomic E-state index is 5.75. The van der Waals surface area contributed by atoms with E-state index in [1.165, 1.54) is 49.7 Å². The third-order valence-electron chi connectivity index (χ3n) is 17.2. The first-order chi connectivity index (χ1) is 42.3. The fraction of sp³-hybridized carbons (Fsp3) is 0.441. The Morgan fingerprint density at radius 3 is 1.30 bits per heavy atom. The molecule has 6 N–H and O–H groups in total. The van der Waals surface area contributed by atoms with E-state index in [1.54, 1.807) is 37.2 Å². The van der Waals surface area contributed by atoms with Gasteiger partial charge in [0.05, 0.1) is 102 Å². The van der Waals surface area contributed by atoms with E-state index in [0.717, 1.165) is 92.0 Å². The van der Waals surface area contributed by atoms with Crippen LogP contribution in [0.4, 0.5) is 35.3 Å². The Bertz CT molecular complexity index is 3980. The highest BCUT2D eigenvalue weighted by Gasteiger charge is 2.31. The number of anilines is 6. The first-order valence-electron chi connectivity index (χ1n) is 29.8. The molecule has 0 radical (unpaired) electrons. The predicted octanol–water partition coefficient (Wildman–Crippen LogP) is 6.12. The summed E-state index contributed by atoms with van der Waals surface area (Å²) in [6.07, 6.45) is 25.8. The second-order valence-electron chi connectivity index (χ2n) is 22.5. The number of rotatable bonds is 9. The lowest BCUT2D eigenvalue weighted by Crippen LogP contribution is -2.37. The average molecular weight is 1160 g/mol. The summed E-state index contributed by atoms with van der Waals surface area (Å²) in [5.74, 6) is 3.78. The van der Waals surface area contributed by atoms with Crippen molar-refractivity contribution in [3.8, 4) is 34.2 Å². The quantitative estimate of drug-likeness (QED) is 0.147. The number of hydrogen-bond donors (Lipinski definition) is 3. The Hall–Kier alpha value is -9.21. The van der Waals surface area contributed by atoms with E-state index in [2.05, 4.69) is 94.5 Å². The summed E-state index contributed by atoms with van der Waals surface area (Å²) in [5, 5.41) is 0. The van der Waals surface area contributed by atoms with Gasteiger partial charge in [0.25, 0.3) is 0 Å². The molecule has 1 aromatic carbocycles. The molecule has 3 aliphatic carbocycles. The molecular formula is C59H68N24O3. The first-order valence-corrected chi connectivity index (χ1v) is 29.8. The van der Waals surface area contributed by atoms with Gasteiger partial charge in [-0.15, -0.1) is 0 Å². The summed E-state index contributed by atoms with van der Waals surface area (Å²) in [7, 11) is 0. The summed E-state index contributed by atoms with van der Waals surface area (Å²) in [6.45, 7) is 10.9. The van der Waals surface area contributed by atoms with Gasteiger partial charge < -0.3 is 59.8 Å². The van der Waals surface area contributed by atoms with Crippen LogP contribution in [0.15, 0.2) is 80.4 Å². The summed E-state index contributed by atoms with van der Waals surface area (Å²) in [6, 6.07) is 9.69. The Labute approximate surface area is 494 Å². The van der Waals surface area contributed by atoms with Gasteiger partial charge in [-0.2, -0.15) is 15.0 Å². The summed E-state index contributed by atoms with van der Waals surface area (Å²) in [5.41, 5.74) is 28.7. The molecule has 27 heteroatoms. The van der Waals surface area contributed by atoms with E-state index in [9.17, 15) is 0 Å². The van der Waals surface area contributed by atoms with Crippen LogP contribution in [0.5, 0.6) is 0 Å². The monoisotopic (exact) mass is 1160 g/mol. The Kier molecular flexibility index (Phi) is 15.3. The van der Waals surface area contributed by atoms with Gasteiger partial charge in [-0.25, -0.2) is 59.8 Å². The van der Waals surface area contributed by atoms with Crippen molar-refractivity contribution in [3.63, 3.8) is 0 Å². The minimum atomic E-state index is 0.207. The third-order valence-corrected chi connectivity index (χ3v) is 17.2. The van der Waals surface area contributed by atoms with Gasteiger partial charge in [0.2, 0.25) is 17.8 Å². The second kappa shape index (κ2) is 24.0. The molecular weight excluding hydrogens is 1090 g/mol. The number of fused-ring (bicyclic) bond motifs is 4. The number of imidazole rings is 3. The molecule has 3 unspecified atom stereocenters. The normalized spacial score (nSPS) is 19.9. The standard InChI is InChI=1S/C22H22N8O.C20H26N8O.C17H20N8O/c23-18-12-24-16(11-25-18)19-20-21(28-22(27-19)29-7-9-31-10-8-29)30(13-26-20)17-6-5-14-3-1-2-4-15(14)17;1-13-4-2-3-5-15(13)28-12-24-18-17(14-10-23-16(21)11-22-14)25-20(26-19(18)28)27-6-8-29-9-7-27;18-13-9-19-12(8-20-13)14-15-16(25(10-21-15)11-2-1-3-11)23-17(22-14)24-4-6-26-7-5-24/h1-4,11-13,17H,5-10H2,(H2,23,25);10-13,15H,2-9H2,1H3,(H2,21,23);8-11H,1-7H2,(H2,18,20). The molecule has 3 atom stereocenters. The lowest BCUT2D eigenvalue weighted by molar-refractivity contribution is 0.122. The summed E-state index contributed by atoms with van der Waals surface area (Å²) >= 11 is 0. The lowest BCUT2D eigenvalue weighted by atomic mass is 9.86. The van der Waals surface area contributed by atoms with Crippen LogP contribution in [0.1, 0.15) is 87.5 Å². The molecule has 9 aromatic heterocycles. The largest absolute Gasteiger partial charge is 0.382 e. The maximum Gasteiger partial charge on any atom is 0.228 e. The zero-order valence-electron chi connectivity index (χ0n) is 48.0. The van der Waals surface area contributed by atoms with Crippen LogP contribution in [-0.2, 0) is 20.6 Å². The number of ether oxygens (including phenoxy) is 3. The lowest BCUT2D eigenvalue weighted by Gasteiger charge is -2.30. The SMILES string of the molecule is CC1CCCCC1n1cnc2c(-c3cnc(N)cn3)nc(N3CCOCC3)nc21.Nc1cnc(-c2nc(N3CCOCC3)nc3c2ncn3C2CCC2)cn1.Nc1cnc(-c2nc(N3CCOCC3)nc3c2ncn3C2CCc3ccccc32)cn1. The smallest absolute Gasteiger partial charge is 0.228 e. The zero-order valence-corrected chi connectivity index (χ0v) is 48.0. The predicted molar refractivity (Wildman–Crippen MR) is 324 cm³/mol. The Morgan fingerprint density at radius 1 is 0.430 bits per heavy atom. The Balaban J connectivity index is 0.000000114. The number of morpholine rings is 3. The van der Waals surface area contributed by atoms with Crippen molar-refractivity contribution in [3.05, 3.63) is 91.6 Å². The number of hydrogen-bond acceptors (Lipinski definition) is 24. The molecule has 3 aliphatic heterocycles. The molecule has 5 fully saturated rings. The van der Waals surface area contributed by atoms with E-state index in [0.29, 0.717) is 127 Å². The highest BCUT2D eigenvalue weighted by molar-refractivity contribution is 5.89. The van der Waals surface area contributed by atoms with Crippen molar-refractivity contribution in [2.24, 2.45) is 5.92 Å². The molecule has 2 saturated carbocycles. The van der Waals surface area contributed by atoms with Gasteiger partial charge in [-0.1, -0.05) is 44.0 Å². The van der Waals surface area contributed by atoms with Gasteiger partial charge in [0, 0.05) is 51.4 Å². The summed E-state index contributed by atoms with van der Waals surface area (Å²) in [4.78, 5) is 75.6. The molecule has 86 heavy (non-hydrogen) atoms. The van der Waals surface area contributed by atoms with E-state index >= 15 is 0 Å². The van der Waals surface area contributed by atoms with Crippen molar-refractivity contribution in [2.75, 3.05) is 111 Å². The molecule has 0 bridgehead atoms. The fourth-order valence-electron chi connectivity index (χ4n) is 12.3. The minimum absolute atomic E-state index is 0.207. The van der Waals surface area contributed by atoms with E-state index in [-0.39, 0.29) is 6.04 Å². The van der Waals surface area contributed by atoms with Crippen LogP contribution in [0, 0.1) is 5.92 Å². The van der Waals surface area contributed by atoms with Crippen molar-refractivity contribution in [1.29, 1.82) is 0 Å². The highest BCUT2D eigenvalue weighted by atomic mass is 16.5. The van der Waals surface area contributed by atoms with Crippen LogP contribution in [0.2, 0.25) is 0 Å². The van der Waals surface area contributed by atoms with Crippen LogP contribution in [-0.4, -0.2) is 167 Å². The Morgan fingerprint density at radius 2 is 0.860 bits per heavy atom. The zero-order chi connectivity index (χ0) is 58.1. The van der Waals surface area contributed by atoms with Crippen LogP contribution in [0.3, 0.4) is 0 Å². The summed E-state index contributed by atoms with van der Waals surface area (Å²) < 4.78 is 23.1. The van der Waals surface area contributed by atoms with Gasteiger partial charge in [-0.05, 0) is 62.0 Å². The number of aryl methyl sites for hydroxylation is 1. The van der Waals surface area contributed by atoms with Crippen molar-refractivity contribution < 1.29 is 14.2 Å². The number of nitrogens with zero attached hydrogens (tertiary/aromatic N) is 21. The van der Waals surface area contributed by atoms with Crippen LogP contribution >= 0.6 is 0 Å². The molecule has 10 aromatic rings. The first kappa shape index (κ1) is 54.7.